The van der Waals surface area contributed by atoms with Gasteiger partial charge >= 0.3 is 0 Å². The molecule has 2 heterocycles. The van der Waals surface area contributed by atoms with Crippen LogP contribution >= 0.6 is 12.2 Å². The Morgan fingerprint density at radius 2 is 1.76 bits per heavy atom. The number of amides is 2. The van der Waals surface area contributed by atoms with Gasteiger partial charge in [0.25, 0.3) is 11.8 Å². The number of anilines is 1. The average Bonchev–Trinajstić information content (AvgIpc) is 2.91. The van der Waals surface area contributed by atoms with Crippen molar-refractivity contribution in [1.29, 1.82) is 0 Å². The van der Waals surface area contributed by atoms with Crippen molar-refractivity contribution < 1.29 is 9.59 Å². The molecule has 6 heteroatoms. The summed E-state index contributed by atoms with van der Waals surface area (Å²) in [5.74, 6) is -0.897. The highest BCUT2D eigenvalue weighted by Crippen LogP contribution is 2.30. The molecule has 1 N–H and O–H groups in total. The van der Waals surface area contributed by atoms with Crippen molar-refractivity contribution in [1.82, 2.24) is 9.88 Å². The molecule has 1 fully saturated rings. The van der Waals surface area contributed by atoms with Crippen LogP contribution in [0.15, 0.2) is 48.0 Å². The van der Waals surface area contributed by atoms with E-state index in [0.717, 1.165) is 33.3 Å². The predicted molar refractivity (Wildman–Crippen MR) is 120 cm³/mol. The molecule has 2 amide bonds. The predicted octanol–water partition coefficient (Wildman–Crippen LogP) is 3.93. The smallest absolute Gasteiger partial charge is 0.270 e. The molecular weight excluding hydrogens is 382 g/mol. The van der Waals surface area contributed by atoms with Gasteiger partial charge in [0.05, 0.1) is 5.69 Å². The number of carbonyl (C=O) groups excluding carboxylic acids is 2. The number of nitrogens with one attached hydrogen (secondary N) is 1. The van der Waals surface area contributed by atoms with Crippen LogP contribution in [-0.4, -0.2) is 21.5 Å². The third kappa shape index (κ3) is 3.06. The Balaban J connectivity index is 1.86. The van der Waals surface area contributed by atoms with Crippen LogP contribution in [0.25, 0.3) is 17.0 Å². The van der Waals surface area contributed by atoms with Crippen LogP contribution in [-0.2, 0) is 16.6 Å². The molecule has 3 aromatic rings. The molecule has 1 aliphatic rings. The summed E-state index contributed by atoms with van der Waals surface area (Å²) in [6.07, 6.45) is 1.67. The normalized spacial score (nSPS) is 16.1. The van der Waals surface area contributed by atoms with Gasteiger partial charge in [0.15, 0.2) is 5.11 Å². The van der Waals surface area contributed by atoms with E-state index in [9.17, 15) is 9.59 Å². The van der Waals surface area contributed by atoms with Crippen LogP contribution in [0, 0.1) is 20.8 Å². The van der Waals surface area contributed by atoms with E-state index in [-0.39, 0.29) is 10.7 Å². The fourth-order valence-electron chi connectivity index (χ4n) is 3.81. The van der Waals surface area contributed by atoms with Gasteiger partial charge in [0.1, 0.15) is 5.57 Å². The first-order chi connectivity index (χ1) is 13.8. The maximum atomic E-state index is 13.3. The molecule has 0 radical (unpaired) electrons. The van der Waals surface area contributed by atoms with E-state index in [1.54, 1.807) is 6.08 Å². The SMILES string of the molecule is Cc1ccc(N2C(=O)/C(=C/c3c(C)n(C)c4ccccc34)C(=O)NC2=S)c(C)c1. The molecule has 0 spiro atoms. The number of hydrogen-bond donors (Lipinski definition) is 1. The van der Waals surface area contributed by atoms with Crippen molar-refractivity contribution in [3.8, 4) is 0 Å². The molecule has 0 saturated carbocycles. The Labute approximate surface area is 174 Å². The second-order valence-electron chi connectivity index (χ2n) is 7.32. The highest BCUT2D eigenvalue weighted by molar-refractivity contribution is 7.80. The van der Waals surface area contributed by atoms with E-state index in [2.05, 4.69) is 9.88 Å². The van der Waals surface area contributed by atoms with Gasteiger partial charge in [0, 0.05) is 29.2 Å². The van der Waals surface area contributed by atoms with Crippen molar-refractivity contribution >= 4 is 51.8 Å². The number of fused-ring (bicyclic) bond motifs is 1. The molecule has 1 aliphatic heterocycles. The van der Waals surface area contributed by atoms with E-state index in [1.807, 2.05) is 70.3 Å². The molecule has 1 saturated heterocycles. The molecule has 4 rings (SSSR count). The zero-order chi connectivity index (χ0) is 20.9. The minimum absolute atomic E-state index is 0.0676. The van der Waals surface area contributed by atoms with Crippen molar-refractivity contribution in [3.63, 3.8) is 0 Å². The Bertz CT molecular complexity index is 1240. The zero-order valence-corrected chi connectivity index (χ0v) is 17.6. The van der Waals surface area contributed by atoms with Crippen molar-refractivity contribution in [2.75, 3.05) is 4.90 Å². The van der Waals surface area contributed by atoms with Gasteiger partial charge < -0.3 is 4.57 Å². The van der Waals surface area contributed by atoms with Crippen LogP contribution in [0.4, 0.5) is 5.69 Å². The number of aryl methyl sites for hydroxylation is 3. The number of aromatic nitrogens is 1. The summed E-state index contributed by atoms with van der Waals surface area (Å²) in [6.45, 7) is 5.89. The van der Waals surface area contributed by atoms with Crippen LogP contribution in [0.1, 0.15) is 22.4 Å². The Morgan fingerprint density at radius 1 is 1.03 bits per heavy atom. The lowest BCUT2D eigenvalue weighted by molar-refractivity contribution is -0.122. The second kappa shape index (κ2) is 6.97. The van der Waals surface area contributed by atoms with Gasteiger partial charge in [-0.25, -0.2) is 0 Å². The quantitative estimate of drug-likeness (QED) is 0.401. The number of para-hydroxylation sites is 1. The third-order valence-corrected chi connectivity index (χ3v) is 5.72. The van der Waals surface area contributed by atoms with Crippen molar-refractivity contribution in [2.45, 2.75) is 20.8 Å². The van der Waals surface area contributed by atoms with E-state index in [0.29, 0.717) is 5.69 Å². The molecule has 2 aromatic carbocycles. The largest absolute Gasteiger partial charge is 0.347 e. The number of carbonyl (C=O) groups is 2. The topological polar surface area (TPSA) is 54.3 Å². The second-order valence-corrected chi connectivity index (χ2v) is 7.71. The lowest BCUT2D eigenvalue weighted by Gasteiger charge is -2.30. The lowest BCUT2D eigenvalue weighted by atomic mass is 10.0. The molecule has 0 aliphatic carbocycles. The van der Waals surface area contributed by atoms with Gasteiger partial charge in [-0.3, -0.25) is 19.8 Å². The summed E-state index contributed by atoms with van der Waals surface area (Å²) < 4.78 is 2.06. The summed E-state index contributed by atoms with van der Waals surface area (Å²) in [5, 5.41) is 3.76. The molecule has 0 bridgehead atoms. The summed E-state index contributed by atoms with van der Waals surface area (Å²) in [7, 11) is 1.97. The van der Waals surface area contributed by atoms with E-state index in [4.69, 9.17) is 12.2 Å². The standard InChI is InChI=1S/C23H21N3O2S/c1-13-9-10-19(14(2)11-13)26-22(28)18(21(27)24-23(26)29)12-17-15(3)25(4)20-8-6-5-7-16(17)20/h5-12H,1-4H3,(H,24,27,29)/b18-12+. The Morgan fingerprint density at radius 3 is 2.48 bits per heavy atom. The minimum Gasteiger partial charge on any atom is -0.347 e. The summed E-state index contributed by atoms with van der Waals surface area (Å²) in [6, 6.07) is 13.7. The van der Waals surface area contributed by atoms with Crippen molar-refractivity contribution in [2.24, 2.45) is 7.05 Å². The molecule has 29 heavy (non-hydrogen) atoms. The van der Waals surface area contributed by atoms with Gasteiger partial charge in [-0.05, 0) is 56.8 Å². The number of hydrogen-bond acceptors (Lipinski definition) is 3. The Kier molecular flexibility index (Phi) is 4.59. The van der Waals surface area contributed by atoms with Gasteiger partial charge in [0.2, 0.25) is 0 Å². The molecular formula is C23H21N3O2S. The summed E-state index contributed by atoms with van der Waals surface area (Å²) >= 11 is 5.32. The first-order valence-corrected chi connectivity index (χ1v) is 9.73. The fraction of sp³-hybridized carbons (Fsp3) is 0.174. The third-order valence-electron chi connectivity index (χ3n) is 5.43. The fourth-order valence-corrected chi connectivity index (χ4v) is 4.08. The maximum absolute atomic E-state index is 13.3. The summed E-state index contributed by atoms with van der Waals surface area (Å²) in [5.41, 5.74) is 5.62. The number of benzene rings is 2. The zero-order valence-electron chi connectivity index (χ0n) is 16.7. The van der Waals surface area contributed by atoms with Crippen LogP contribution in [0.3, 0.4) is 0 Å². The van der Waals surface area contributed by atoms with Crippen LogP contribution < -0.4 is 10.2 Å². The van der Waals surface area contributed by atoms with E-state index >= 15 is 0 Å². The molecule has 0 unspecified atom stereocenters. The first-order valence-electron chi connectivity index (χ1n) is 9.32. The maximum Gasteiger partial charge on any atom is 0.270 e. The van der Waals surface area contributed by atoms with Gasteiger partial charge in [-0.2, -0.15) is 0 Å². The van der Waals surface area contributed by atoms with Crippen LogP contribution in [0.2, 0.25) is 0 Å². The highest BCUT2D eigenvalue weighted by atomic mass is 32.1. The number of nitrogens with zero attached hydrogens (tertiary/aromatic N) is 2. The monoisotopic (exact) mass is 403 g/mol. The van der Waals surface area contributed by atoms with Crippen molar-refractivity contribution in [3.05, 3.63) is 70.4 Å². The molecule has 0 atom stereocenters. The average molecular weight is 404 g/mol. The minimum atomic E-state index is -0.478. The van der Waals surface area contributed by atoms with E-state index in [1.165, 1.54) is 4.90 Å². The molecule has 146 valence electrons. The number of thiocarbonyl (C=S) groups is 1. The van der Waals surface area contributed by atoms with E-state index < -0.39 is 11.8 Å². The lowest BCUT2D eigenvalue weighted by Crippen LogP contribution is -2.54. The molecule has 1 aromatic heterocycles. The highest BCUT2D eigenvalue weighted by Gasteiger charge is 2.35. The number of rotatable bonds is 2. The summed E-state index contributed by atoms with van der Waals surface area (Å²) in [4.78, 5) is 27.4. The Hall–Kier alpha value is -3.25. The van der Waals surface area contributed by atoms with Gasteiger partial charge in [-0.1, -0.05) is 35.9 Å². The molecule has 5 nitrogen and oxygen atoms in total. The van der Waals surface area contributed by atoms with Crippen LogP contribution in [0.5, 0.6) is 0 Å². The first kappa shape index (κ1) is 19.1. The van der Waals surface area contributed by atoms with Gasteiger partial charge in [-0.15, -0.1) is 0 Å².